The molecule has 2 rings (SSSR count). The lowest BCUT2D eigenvalue weighted by Crippen LogP contribution is -2.19. The molecule has 0 saturated carbocycles. The number of aryl methyl sites for hydroxylation is 1. The van der Waals surface area contributed by atoms with E-state index in [1.165, 1.54) is 0 Å². The smallest absolute Gasteiger partial charge is 0.151 e. The van der Waals surface area contributed by atoms with Crippen molar-refractivity contribution in [2.45, 2.75) is 12.8 Å². The van der Waals surface area contributed by atoms with Gasteiger partial charge in [0, 0.05) is 25.4 Å². The number of nitrogens with zero attached hydrogens (tertiary/aromatic N) is 2. The molecule has 1 aromatic rings. The lowest BCUT2D eigenvalue weighted by atomic mass is 10.0. The van der Waals surface area contributed by atoms with Gasteiger partial charge in [-0.15, -0.1) is 0 Å². The minimum Gasteiger partial charge on any atom is -0.338 e. The fourth-order valence-corrected chi connectivity index (χ4v) is 3.69. The van der Waals surface area contributed by atoms with Gasteiger partial charge in [-0.05, 0) is 6.42 Å². The third-order valence-corrected chi connectivity index (χ3v) is 4.71. The van der Waals surface area contributed by atoms with Crippen LogP contribution in [0.25, 0.3) is 0 Å². The molecule has 0 amide bonds. The Morgan fingerprint density at radius 2 is 2.38 bits per heavy atom. The summed E-state index contributed by atoms with van der Waals surface area (Å²) in [6, 6.07) is 0. The fourth-order valence-electron chi connectivity index (χ4n) is 1.92. The molecule has 1 fully saturated rings. The van der Waals surface area contributed by atoms with Gasteiger partial charge in [0.05, 0.1) is 17.9 Å². The van der Waals surface area contributed by atoms with E-state index in [0.717, 1.165) is 0 Å². The van der Waals surface area contributed by atoms with E-state index >= 15 is 0 Å². The van der Waals surface area contributed by atoms with Crippen molar-refractivity contribution in [3.05, 3.63) is 18.2 Å². The Hall–Kier alpha value is -1.17. The summed E-state index contributed by atoms with van der Waals surface area (Å²) < 4.78 is 24.3. The summed E-state index contributed by atoms with van der Waals surface area (Å²) in [5, 5.41) is 0. The molecule has 0 aliphatic carbocycles. The fraction of sp³-hybridized carbons (Fsp3) is 0.600. The zero-order valence-corrected chi connectivity index (χ0v) is 9.90. The van der Waals surface area contributed by atoms with E-state index in [4.69, 9.17) is 0 Å². The van der Waals surface area contributed by atoms with Crippen molar-refractivity contribution in [1.82, 2.24) is 9.55 Å². The predicted octanol–water partition coefficient (Wildman–Crippen LogP) is -0.0336. The lowest BCUT2D eigenvalue weighted by molar-refractivity contribution is -0.121. The molecule has 1 aromatic heterocycles. The van der Waals surface area contributed by atoms with Gasteiger partial charge >= 0.3 is 0 Å². The number of ketones is 1. The third kappa shape index (κ3) is 2.32. The topological polar surface area (TPSA) is 69.0 Å². The molecule has 2 heterocycles. The van der Waals surface area contributed by atoms with E-state index in [9.17, 15) is 13.2 Å². The second-order valence-electron chi connectivity index (χ2n) is 4.20. The summed E-state index contributed by atoms with van der Waals surface area (Å²) >= 11 is 0. The van der Waals surface area contributed by atoms with Crippen molar-refractivity contribution in [3.63, 3.8) is 0 Å². The summed E-state index contributed by atoms with van der Waals surface area (Å²) in [6.07, 6.45) is 4.09. The Morgan fingerprint density at radius 3 is 2.88 bits per heavy atom. The molecule has 1 unspecified atom stereocenters. The average molecular weight is 242 g/mol. The summed E-state index contributed by atoms with van der Waals surface area (Å²) in [5.41, 5.74) is 0. The van der Waals surface area contributed by atoms with E-state index in [2.05, 4.69) is 4.98 Å². The van der Waals surface area contributed by atoms with Gasteiger partial charge in [0.25, 0.3) is 0 Å². The Kier molecular flexibility index (Phi) is 2.84. The molecule has 0 bridgehead atoms. The molecule has 16 heavy (non-hydrogen) atoms. The number of imidazole rings is 1. The van der Waals surface area contributed by atoms with Crippen LogP contribution in [0.2, 0.25) is 0 Å². The first-order chi connectivity index (χ1) is 7.48. The van der Waals surface area contributed by atoms with Crippen molar-refractivity contribution in [2.24, 2.45) is 13.0 Å². The van der Waals surface area contributed by atoms with E-state index in [0.29, 0.717) is 12.2 Å². The number of rotatable bonds is 3. The second-order valence-corrected chi connectivity index (χ2v) is 6.43. The molecule has 88 valence electrons. The number of carbonyl (C=O) groups excluding carboxylic acids is 1. The maximum absolute atomic E-state index is 11.8. The molecule has 6 heteroatoms. The van der Waals surface area contributed by atoms with Crippen LogP contribution >= 0.6 is 0 Å². The van der Waals surface area contributed by atoms with Crippen molar-refractivity contribution in [3.8, 4) is 0 Å². The van der Waals surface area contributed by atoms with Gasteiger partial charge in [-0.3, -0.25) is 4.79 Å². The summed E-state index contributed by atoms with van der Waals surface area (Å²) in [6.45, 7) is 0. The van der Waals surface area contributed by atoms with Crippen LogP contribution in [-0.4, -0.2) is 35.3 Å². The molecule has 0 N–H and O–H groups in total. The van der Waals surface area contributed by atoms with Crippen LogP contribution in [0, 0.1) is 5.92 Å². The Bertz CT molecular complexity index is 504. The van der Waals surface area contributed by atoms with Gasteiger partial charge in [-0.25, -0.2) is 13.4 Å². The monoisotopic (exact) mass is 242 g/mol. The highest BCUT2D eigenvalue weighted by Crippen LogP contribution is 2.20. The van der Waals surface area contributed by atoms with Crippen molar-refractivity contribution in [1.29, 1.82) is 0 Å². The van der Waals surface area contributed by atoms with Crippen molar-refractivity contribution in [2.75, 3.05) is 11.5 Å². The number of aromatic nitrogens is 2. The summed E-state index contributed by atoms with van der Waals surface area (Å²) in [5.74, 6) is 0.492. The average Bonchev–Trinajstić information content (AvgIpc) is 2.74. The largest absolute Gasteiger partial charge is 0.338 e. The van der Waals surface area contributed by atoms with E-state index < -0.39 is 9.84 Å². The minimum atomic E-state index is -2.98. The number of sulfone groups is 1. The minimum absolute atomic E-state index is 0.0102. The molecule has 0 spiro atoms. The van der Waals surface area contributed by atoms with Crippen molar-refractivity contribution >= 4 is 15.6 Å². The van der Waals surface area contributed by atoms with Crippen LogP contribution in [-0.2, 0) is 28.1 Å². The first kappa shape index (κ1) is 11.3. The molecule has 1 atom stereocenters. The molecular weight excluding hydrogens is 228 g/mol. The van der Waals surface area contributed by atoms with Gasteiger partial charge in [0.2, 0.25) is 0 Å². The quantitative estimate of drug-likeness (QED) is 0.746. The maximum atomic E-state index is 11.8. The van der Waals surface area contributed by atoms with Crippen LogP contribution < -0.4 is 0 Å². The molecule has 0 radical (unpaired) electrons. The van der Waals surface area contributed by atoms with Crippen LogP contribution in [0.5, 0.6) is 0 Å². The highest BCUT2D eigenvalue weighted by atomic mass is 32.2. The van der Waals surface area contributed by atoms with E-state index in [1.807, 2.05) is 7.05 Å². The Labute approximate surface area is 94.4 Å². The Balaban J connectivity index is 2.03. The van der Waals surface area contributed by atoms with Gasteiger partial charge in [0.15, 0.2) is 9.84 Å². The normalized spacial score (nSPS) is 23.4. The molecule has 1 saturated heterocycles. The third-order valence-electron chi connectivity index (χ3n) is 2.94. The number of Topliss-reactive ketones (excluding diaryl/α,β-unsaturated/α-hetero) is 1. The molecular formula is C10H14N2O3S. The Morgan fingerprint density at radius 1 is 1.62 bits per heavy atom. The molecule has 1 aliphatic rings. The number of hydrogen-bond acceptors (Lipinski definition) is 4. The highest BCUT2D eigenvalue weighted by Gasteiger charge is 2.32. The summed E-state index contributed by atoms with van der Waals surface area (Å²) in [4.78, 5) is 15.9. The zero-order valence-electron chi connectivity index (χ0n) is 9.09. The summed E-state index contributed by atoms with van der Waals surface area (Å²) in [7, 11) is -1.16. The zero-order chi connectivity index (χ0) is 11.8. The van der Waals surface area contributed by atoms with Gasteiger partial charge in [-0.2, -0.15) is 0 Å². The second kappa shape index (κ2) is 4.01. The SMILES string of the molecule is Cn1ccnc1CC(=O)C1CCS(=O)(=O)C1. The van der Waals surface area contributed by atoms with Crippen LogP contribution in [0.4, 0.5) is 0 Å². The predicted molar refractivity (Wildman–Crippen MR) is 58.7 cm³/mol. The number of carbonyl (C=O) groups is 1. The maximum Gasteiger partial charge on any atom is 0.151 e. The van der Waals surface area contributed by atoms with E-state index in [1.54, 1.807) is 17.0 Å². The van der Waals surface area contributed by atoms with Crippen LogP contribution in [0.3, 0.4) is 0 Å². The first-order valence-corrected chi connectivity index (χ1v) is 6.99. The van der Waals surface area contributed by atoms with Crippen LogP contribution in [0.1, 0.15) is 12.2 Å². The van der Waals surface area contributed by atoms with E-state index in [-0.39, 0.29) is 29.6 Å². The molecule has 0 aromatic carbocycles. The molecule has 1 aliphatic heterocycles. The van der Waals surface area contributed by atoms with Gasteiger partial charge in [-0.1, -0.05) is 0 Å². The highest BCUT2D eigenvalue weighted by molar-refractivity contribution is 7.91. The van der Waals surface area contributed by atoms with Gasteiger partial charge in [0.1, 0.15) is 11.6 Å². The van der Waals surface area contributed by atoms with Crippen molar-refractivity contribution < 1.29 is 13.2 Å². The van der Waals surface area contributed by atoms with Crippen LogP contribution in [0.15, 0.2) is 12.4 Å². The lowest BCUT2D eigenvalue weighted by Gasteiger charge is -2.06. The molecule has 5 nitrogen and oxygen atoms in total. The van der Waals surface area contributed by atoms with Gasteiger partial charge < -0.3 is 4.57 Å². The standard InChI is InChI=1S/C10H14N2O3S/c1-12-4-3-11-10(12)6-9(13)8-2-5-16(14,15)7-8/h3-4,8H,2,5-7H2,1H3. The number of hydrogen-bond donors (Lipinski definition) is 0. The first-order valence-electron chi connectivity index (χ1n) is 5.17.